The van der Waals surface area contributed by atoms with Gasteiger partial charge in [-0.15, -0.1) is 10.2 Å². The Morgan fingerprint density at radius 3 is 1.54 bits per heavy atom. The molecule has 0 saturated heterocycles. The van der Waals surface area contributed by atoms with Crippen LogP contribution in [0.5, 0.6) is 0 Å². The highest BCUT2D eigenvalue weighted by atomic mass is 35.5. The van der Waals surface area contributed by atoms with Crippen molar-refractivity contribution in [3.05, 3.63) is 90.0 Å². The highest BCUT2D eigenvalue weighted by Gasteiger charge is 2.18. The third kappa shape index (κ3) is 2.59. The molecule has 0 aliphatic rings. The molecule has 0 amide bonds. The van der Waals surface area contributed by atoms with Gasteiger partial charge in [0.15, 0.2) is 11.6 Å². The lowest BCUT2D eigenvalue weighted by Crippen LogP contribution is -2.01. The second-order valence-electron chi connectivity index (χ2n) is 5.37. The maximum absolute atomic E-state index is 6.46. The number of halogens is 1. The van der Waals surface area contributed by atoms with Crippen molar-refractivity contribution in [2.24, 2.45) is 0 Å². The molecule has 24 heavy (non-hydrogen) atoms. The molecule has 1 aromatic heterocycles. The molecule has 3 aromatic carbocycles. The zero-order valence-electron chi connectivity index (χ0n) is 12.8. The van der Waals surface area contributed by atoms with Gasteiger partial charge in [0.25, 0.3) is 0 Å². The van der Waals surface area contributed by atoms with Crippen molar-refractivity contribution in [2.45, 2.75) is 0 Å². The standard InChI is InChI=1S/C20H14ClN3/c21-17-13-7-8-14-18(17)24-19(15-9-3-1-4-10-15)22-23-20(24)16-11-5-2-6-12-16/h1-14H. The smallest absolute Gasteiger partial charge is 0.168 e. The fourth-order valence-corrected chi connectivity index (χ4v) is 2.91. The van der Waals surface area contributed by atoms with Gasteiger partial charge < -0.3 is 0 Å². The molecule has 0 N–H and O–H groups in total. The summed E-state index contributed by atoms with van der Waals surface area (Å²) in [5.74, 6) is 1.53. The van der Waals surface area contributed by atoms with Gasteiger partial charge in [0.05, 0.1) is 10.7 Å². The molecular weight excluding hydrogens is 318 g/mol. The monoisotopic (exact) mass is 331 g/mol. The Kier molecular flexibility index (Phi) is 3.85. The van der Waals surface area contributed by atoms with Crippen LogP contribution in [0.4, 0.5) is 0 Å². The van der Waals surface area contributed by atoms with Crippen molar-refractivity contribution >= 4 is 11.6 Å². The Morgan fingerprint density at radius 2 is 1.04 bits per heavy atom. The minimum atomic E-state index is 0.659. The van der Waals surface area contributed by atoms with Crippen LogP contribution in [0.3, 0.4) is 0 Å². The van der Waals surface area contributed by atoms with E-state index in [-0.39, 0.29) is 0 Å². The number of rotatable bonds is 3. The van der Waals surface area contributed by atoms with Gasteiger partial charge in [-0.2, -0.15) is 0 Å². The van der Waals surface area contributed by atoms with Crippen LogP contribution in [-0.2, 0) is 0 Å². The van der Waals surface area contributed by atoms with Crippen molar-refractivity contribution in [1.82, 2.24) is 14.8 Å². The molecule has 0 spiro atoms. The summed E-state index contributed by atoms with van der Waals surface area (Å²) in [5, 5.41) is 9.53. The quantitative estimate of drug-likeness (QED) is 0.513. The highest BCUT2D eigenvalue weighted by molar-refractivity contribution is 6.32. The van der Waals surface area contributed by atoms with Crippen LogP contribution in [0.25, 0.3) is 28.5 Å². The Labute approximate surface area is 145 Å². The number of hydrogen-bond donors (Lipinski definition) is 0. The number of benzene rings is 3. The van der Waals surface area contributed by atoms with Gasteiger partial charge >= 0.3 is 0 Å². The zero-order chi connectivity index (χ0) is 16.4. The van der Waals surface area contributed by atoms with Gasteiger partial charge in [0, 0.05) is 11.1 Å². The SMILES string of the molecule is Clc1ccccc1-n1c(-c2ccccc2)nnc1-c1ccccc1. The van der Waals surface area contributed by atoms with Crippen molar-refractivity contribution in [1.29, 1.82) is 0 Å². The minimum Gasteiger partial charge on any atom is -0.273 e. The number of nitrogens with zero attached hydrogens (tertiary/aromatic N) is 3. The van der Waals surface area contributed by atoms with Crippen LogP contribution in [0.1, 0.15) is 0 Å². The summed E-state index contributed by atoms with van der Waals surface area (Å²) in [6.45, 7) is 0. The minimum absolute atomic E-state index is 0.659. The van der Waals surface area contributed by atoms with E-state index in [1.54, 1.807) is 0 Å². The summed E-state index contributed by atoms with van der Waals surface area (Å²) in [5.41, 5.74) is 2.85. The number of aromatic nitrogens is 3. The molecule has 116 valence electrons. The fourth-order valence-electron chi connectivity index (χ4n) is 2.69. The van der Waals surface area contributed by atoms with E-state index in [9.17, 15) is 0 Å². The molecule has 4 rings (SSSR count). The van der Waals surface area contributed by atoms with Crippen LogP contribution < -0.4 is 0 Å². The lowest BCUT2D eigenvalue weighted by Gasteiger charge is -2.12. The lowest BCUT2D eigenvalue weighted by atomic mass is 10.1. The third-order valence-electron chi connectivity index (χ3n) is 3.82. The molecule has 0 aliphatic carbocycles. The molecular formula is C20H14ClN3. The average molecular weight is 332 g/mol. The van der Waals surface area contributed by atoms with E-state index in [1.165, 1.54) is 0 Å². The van der Waals surface area contributed by atoms with Crippen LogP contribution in [0.15, 0.2) is 84.9 Å². The average Bonchev–Trinajstić information content (AvgIpc) is 3.08. The first-order chi connectivity index (χ1) is 11.8. The third-order valence-corrected chi connectivity index (χ3v) is 4.14. The summed E-state index contributed by atoms with van der Waals surface area (Å²) >= 11 is 6.46. The predicted octanol–water partition coefficient (Wildman–Crippen LogP) is 5.25. The van der Waals surface area contributed by atoms with Crippen LogP contribution >= 0.6 is 11.6 Å². The molecule has 0 atom stereocenters. The van der Waals surface area contributed by atoms with E-state index in [4.69, 9.17) is 11.6 Å². The summed E-state index contributed by atoms with van der Waals surface area (Å²) in [4.78, 5) is 0. The maximum atomic E-state index is 6.46. The molecule has 0 unspecified atom stereocenters. The Balaban J connectivity index is 2.00. The number of para-hydroxylation sites is 1. The highest BCUT2D eigenvalue weighted by Crippen LogP contribution is 2.31. The first-order valence-corrected chi connectivity index (χ1v) is 8.03. The molecule has 3 nitrogen and oxygen atoms in total. The van der Waals surface area contributed by atoms with Crippen molar-refractivity contribution in [2.75, 3.05) is 0 Å². The van der Waals surface area contributed by atoms with Crippen LogP contribution in [0.2, 0.25) is 5.02 Å². The molecule has 1 heterocycles. The maximum Gasteiger partial charge on any atom is 0.168 e. The van der Waals surface area contributed by atoms with Crippen LogP contribution in [0, 0.1) is 0 Å². The van der Waals surface area contributed by atoms with Gasteiger partial charge in [-0.25, -0.2) is 0 Å². The van der Waals surface area contributed by atoms with Gasteiger partial charge in [-0.3, -0.25) is 4.57 Å². The summed E-state index contributed by atoms with van der Waals surface area (Å²) in [6, 6.07) is 27.7. The Hall–Kier alpha value is -2.91. The fraction of sp³-hybridized carbons (Fsp3) is 0. The van der Waals surface area contributed by atoms with E-state index in [2.05, 4.69) is 10.2 Å². The second kappa shape index (κ2) is 6.30. The van der Waals surface area contributed by atoms with E-state index >= 15 is 0 Å². The molecule has 0 bridgehead atoms. The second-order valence-corrected chi connectivity index (χ2v) is 5.77. The lowest BCUT2D eigenvalue weighted by molar-refractivity contribution is 1.07. The van der Waals surface area contributed by atoms with E-state index in [0.29, 0.717) is 5.02 Å². The van der Waals surface area contributed by atoms with Gasteiger partial charge in [-0.05, 0) is 12.1 Å². The predicted molar refractivity (Wildman–Crippen MR) is 97.2 cm³/mol. The Bertz CT molecular complexity index is 906. The van der Waals surface area contributed by atoms with Crippen molar-refractivity contribution in [3.63, 3.8) is 0 Å². The van der Waals surface area contributed by atoms with E-state index in [0.717, 1.165) is 28.5 Å². The largest absolute Gasteiger partial charge is 0.273 e. The molecule has 0 radical (unpaired) electrons. The molecule has 4 heteroatoms. The summed E-state index contributed by atoms with van der Waals surface area (Å²) in [7, 11) is 0. The van der Waals surface area contributed by atoms with Crippen molar-refractivity contribution in [3.8, 4) is 28.5 Å². The molecule has 0 saturated carbocycles. The van der Waals surface area contributed by atoms with E-state index in [1.807, 2.05) is 89.5 Å². The zero-order valence-corrected chi connectivity index (χ0v) is 13.6. The normalized spacial score (nSPS) is 10.7. The number of hydrogen-bond acceptors (Lipinski definition) is 2. The van der Waals surface area contributed by atoms with Gasteiger partial charge in [-0.1, -0.05) is 84.4 Å². The molecule has 0 fully saturated rings. The Morgan fingerprint density at radius 1 is 0.583 bits per heavy atom. The van der Waals surface area contributed by atoms with Crippen LogP contribution in [-0.4, -0.2) is 14.8 Å². The topological polar surface area (TPSA) is 30.7 Å². The summed E-state index contributed by atoms with van der Waals surface area (Å²) < 4.78 is 2.01. The van der Waals surface area contributed by atoms with Gasteiger partial charge in [0.1, 0.15) is 0 Å². The molecule has 0 aliphatic heterocycles. The van der Waals surface area contributed by atoms with Gasteiger partial charge in [0.2, 0.25) is 0 Å². The van der Waals surface area contributed by atoms with Crippen molar-refractivity contribution < 1.29 is 0 Å². The first kappa shape index (κ1) is 14.7. The van der Waals surface area contributed by atoms with E-state index < -0.39 is 0 Å². The first-order valence-electron chi connectivity index (χ1n) is 7.66. The molecule has 4 aromatic rings. The summed E-state index contributed by atoms with van der Waals surface area (Å²) in [6.07, 6.45) is 0.